The molecule has 3 rings (SSSR count). The van der Waals surface area contributed by atoms with Crippen molar-refractivity contribution >= 4 is 41.0 Å². The lowest BCUT2D eigenvalue weighted by molar-refractivity contribution is 0.624. The Morgan fingerprint density at radius 1 is 1.12 bits per heavy atom. The molecule has 0 aliphatic rings. The molecule has 7 heteroatoms. The first-order chi connectivity index (χ1) is 12.3. The molecule has 0 aliphatic carbocycles. The number of benzene rings is 1. The second-order valence-corrected chi connectivity index (χ2v) is 5.83. The molecule has 0 radical (unpaired) electrons. The quantitative estimate of drug-likeness (QED) is 0.255. The lowest BCUT2D eigenvalue weighted by Crippen LogP contribution is -2.37. The summed E-state index contributed by atoms with van der Waals surface area (Å²) in [5, 5.41) is 6.62. The van der Waals surface area contributed by atoms with E-state index in [1.807, 2.05) is 24.3 Å². The number of fused-ring (bicyclic) bond motifs is 1. The minimum atomic E-state index is 0. The smallest absolute Gasteiger partial charge is 0.191 e. The van der Waals surface area contributed by atoms with Gasteiger partial charge in [0.25, 0.3) is 0 Å². The van der Waals surface area contributed by atoms with Gasteiger partial charge in [0.15, 0.2) is 5.96 Å². The number of halogens is 1. The molecule has 3 aromatic rings. The number of hydrogen-bond donors (Lipinski definition) is 2. The van der Waals surface area contributed by atoms with E-state index in [0.717, 1.165) is 42.5 Å². The zero-order valence-electron chi connectivity index (χ0n) is 15.1. The number of hydrogen-bond acceptors (Lipinski definition) is 3. The molecule has 0 bridgehead atoms. The zero-order valence-corrected chi connectivity index (χ0v) is 17.5. The van der Waals surface area contributed by atoms with Crippen LogP contribution in [0.2, 0.25) is 0 Å². The highest BCUT2D eigenvalue weighted by atomic mass is 127. The fraction of sp³-hybridized carbons (Fsp3) is 0.316. The molecule has 2 heterocycles. The summed E-state index contributed by atoms with van der Waals surface area (Å²) in [7, 11) is 1.78. The molecular weight excluding hydrogens is 439 g/mol. The van der Waals surface area contributed by atoms with Crippen molar-refractivity contribution in [2.75, 3.05) is 13.6 Å². The van der Waals surface area contributed by atoms with Gasteiger partial charge < -0.3 is 15.2 Å². The molecule has 0 fully saturated rings. The molecule has 0 unspecified atom stereocenters. The molecule has 2 aromatic heterocycles. The first-order valence-electron chi connectivity index (χ1n) is 8.54. The number of aryl methyl sites for hydroxylation is 2. The van der Waals surface area contributed by atoms with E-state index >= 15 is 0 Å². The summed E-state index contributed by atoms with van der Waals surface area (Å²) in [6.07, 6.45) is 2.79. The number of para-hydroxylation sites is 2. The van der Waals surface area contributed by atoms with Crippen LogP contribution in [-0.4, -0.2) is 34.1 Å². The van der Waals surface area contributed by atoms with Gasteiger partial charge in [-0.15, -0.1) is 24.0 Å². The van der Waals surface area contributed by atoms with Gasteiger partial charge in [-0.3, -0.25) is 9.98 Å². The fourth-order valence-electron chi connectivity index (χ4n) is 2.82. The van der Waals surface area contributed by atoms with E-state index in [9.17, 15) is 0 Å². The standard InChI is InChI=1S/C19H24N6.HI/c1-15-24-17-9-3-4-10-18(17)25(15)13-7-12-22-19(20-2)23-14-16-8-5-6-11-21-16;/h3-6,8-11H,7,12-14H2,1-2H3,(H2,20,22,23);1H. The number of imidazole rings is 1. The molecular formula is C19H25IN6. The number of nitrogens with zero attached hydrogens (tertiary/aromatic N) is 4. The number of nitrogens with one attached hydrogen (secondary N) is 2. The molecule has 26 heavy (non-hydrogen) atoms. The number of aliphatic imine (C=N–C) groups is 1. The highest BCUT2D eigenvalue weighted by Crippen LogP contribution is 2.15. The second-order valence-electron chi connectivity index (χ2n) is 5.83. The van der Waals surface area contributed by atoms with E-state index in [2.05, 4.69) is 55.3 Å². The average molecular weight is 464 g/mol. The van der Waals surface area contributed by atoms with Crippen molar-refractivity contribution in [2.24, 2.45) is 4.99 Å². The summed E-state index contributed by atoms with van der Waals surface area (Å²) in [4.78, 5) is 13.2. The Bertz CT molecular complexity index is 844. The van der Waals surface area contributed by atoms with Gasteiger partial charge in [-0.25, -0.2) is 4.98 Å². The van der Waals surface area contributed by atoms with E-state index < -0.39 is 0 Å². The van der Waals surface area contributed by atoms with Crippen LogP contribution in [0.3, 0.4) is 0 Å². The van der Waals surface area contributed by atoms with Crippen molar-refractivity contribution in [1.29, 1.82) is 0 Å². The zero-order chi connectivity index (χ0) is 17.5. The minimum Gasteiger partial charge on any atom is -0.356 e. The van der Waals surface area contributed by atoms with Crippen molar-refractivity contribution in [3.63, 3.8) is 0 Å². The minimum absolute atomic E-state index is 0. The summed E-state index contributed by atoms with van der Waals surface area (Å²) < 4.78 is 2.26. The average Bonchev–Trinajstić information content (AvgIpc) is 2.97. The molecule has 0 atom stereocenters. The fourth-order valence-corrected chi connectivity index (χ4v) is 2.82. The van der Waals surface area contributed by atoms with Crippen molar-refractivity contribution in [1.82, 2.24) is 25.2 Å². The Balaban J connectivity index is 0.00000243. The maximum Gasteiger partial charge on any atom is 0.191 e. The normalized spacial score (nSPS) is 11.2. The molecule has 2 N–H and O–H groups in total. The number of aromatic nitrogens is 3. The Labute approximate surface area is 171 Å². The summed E-state index contributed by atoms with van der Waals surface area (Å²) in [5.74, 6) is 1.84. The Kier molecular flexibility index (Phi) is 7.83. The van der Waals surface area contributed by atoms with Gasteiger partial charge in [0, 0.05) is 26.3 Å². The highest BCUT2D eigenvalue weighted by molar-refractivity contribution is 14.0. The SMILES string of the molecule is CN=C(NCCCn1c(C)nc2ccccc21)NCc1ccccn1.I. The van der Waals surface area contributed by atoms with E-state index in [4.69, 9.17) is 0 Å². The van der Waals surface area contributed by atoms with Crippen LogP contribution in [0, 0.1) is 6.92 Å². The van der Waals surface area contributed by atoms with Crippen molar-refractivity contribution in [2.45, 2.75) is 26.4 Å². The van der Waals surface area contributed by atoms with Crippen LogP contribution >= 0.6 is 24.0 Å². The molecule has 0 amide bonds. The first-order valence-corrected chi connectivity index (χ1v) is 8.54. The summed E-state index contributed by atoms with van der Waals surface area (Å²) in [5.41, 5.74) is 3.24. The monoisotopic (exact) mass is 464 g/mol. The van der Waals surface area contributed by atoms with E-state index in [1.165, 1.54) is 5.52 Å². The molecule has 0 saturated heterocycles. The number of pyridine rings is 1. The topological polar surface area (TPSA) is 67.1 Å². The van der Waals surface area contributed by atoms with Crippen molar-refractivity contribution < 1.29 is 0 Å². The van der Waals surface area contributed by atoms with Crippen LogP contribution in [0.1, 0.15) is 17.9 Å². The largest absolute Gasteiger partial charge is 0.356 e. The predicted octanol–water partition coefficient (Wildman–Crippen LogP) is 3.11. The molecule has 0 aliphatic heterocycles. The maximum atomic E-state index is 4.61. The second kappa shape index (κ2) is 10.1. The van der Waals surface area contributed by atoms with E-state index in [0.29, 0.717) is 6.54 Å². The Hall–Kier alpha value is -2.16. The first kappa shape index (κ1) is 20.2. The number of guanidine groups is 1. The van der Waals surface area contributed by atoms with Gasteiger partial charge in [-0.2, -0.15) is 0 Å². The van der Waals surface area contributed by atoms with Crippen LogP contribution in [-0.2, 0) is 13.1 Å². The summed E-state index contributed by atoms with van der Waals surface area (Å²) >= 11 is 0. The number of rotatable bonds is 6. The van der Waals surface area contributed by atoms with Gasteiger partial charge in [0.05, 0.1) is 23.3 Å². The lowest BCUT2D eigenvalue weighted by Gasteiger charge is -2.12. The van der Waals surface area contributed by atoms with Gasteiger partial charge in [0.2, 0.25) is 0 Å². The van der Waals surface area contributed by atoms with Crippen LogP contribution in [0.25, 0.3) is 11.0 Å². The van der Waals surface area contributed by atoms with Gasteiger partial charge >= 0.3 is 0 Å². The van der Waals surface area contributed by atoms with Crippen LogP contribution in [0.4, 0.5) is 0 Å². The van der Waals surface area contributed by atoms with Gasteiger partial charge in [-0.1, -0.05) is 18.2 Å². The summed E-state index contributed by atoms with van der Waals surface area (Å²) in [6.45, 7) is 4.48. The highest BCUT2D eigenvalue weighted by Gasteiger charge is 2.06. The van der Waals surface area contributed by atoms with Crippen LogP contribution in [0.15, 0.2) is 53.7 Å². The van der Waals surface area contributed by atoms with Crippen LogP contribution in [0.5, 0.6) is 0 Å². The van der Waals surface area contributed by atoms with Crippen LogP contribution < -0.4 is 10.6 Å². The predicted molar refractivity (Wildman–Crippen MR) is 117 cm³/mol. The Morgan fingerprint density at radius 3 is 2.69 bits per heavy atom. The maximum absolute atomic E-state index is 4.61. The third kappa shape index (κ3) is 5.17. The van der Waals surface area contributed by atoms with Gasteiger partial charge in [-0.05, 0) is 37.6 Å². The third-order valence-corrected chi connectivity index (χ3v) is 4.08. The van der Waals surface area contributed by atoms with E-state index in [1.54, 1.807) is 13.2 Å². The molecule has 1 aromatic carbocycles. The molecule has 6 nitrogen and oxygen atoms in total. The van der Waals surface area contributed by atoms with E-state index in [-0.39, 0.29) is 24.0 Å². The lowest BCUT2D eigenvalue weighted by atomic mass is 10.3. The molecule has 0 saturated carbocycles. The van der Waals surface area contributed by atoms with Crippen molar-refractivity contribution in [3.8, 4) is 0 Å². The molecule has 0 spiro atoms. The van der Waals surface area contributed by atoms with Crippen molar-refractivity contribution in [3.05, 3.63) is 60.2 Å². The summed E-state index contributed by atoms with van der Waals surface area (Å²) in [6, 6.07) is 14.2. The Morgan fingerprint density at radius 2 is 1.92 bits per heavy atom. The van der Waals surface area contributed by atoms with Gasteiger partial charge in [0.1, 0.15) is 5.82 Å². The molecule has 138 valence electrons. The third-order valence-electron chi connectivity index (χ3n) is 4.08.